The molecule has 8 heteroatoms. The maximum atomic E-state index is 13.5. The van der Waals surface area contributed by atoms with E-state index in [2.05, 4.69) is 10.6 Å². The Morgan fingerprint density at radius 2 is 1.64 bits per heavy atom. The largest absolute Gasteiger partial charge is 0.352 e. The maximum Gasteiger partial charge on any atom is 0.243 e. The summed E-state index contributed by atoms with van der Waals surface area (Å²) in [5.74, 6) is -1.75. The molecule has 1 aliphatic carbocycles. The minimum Gasteiger partial charge on any atom is -0.352 e. The highest BCUT2D eigenvalue weighted by molar-refractivity contribution is 7.86. The Labute approximate surface area is 216 Å². The van der Waals surface area contributed by atoms with E-state index in [1.165, 1.54) is 11.3 Å². The van der Waals surface area contributed by atoms with Crippen molar-refractivity contribution in [3.05, 3.63) is 59.2 Å². The van der Waals surface area contributed by atoms with Gasteiger partial charge in [-0.05, 0) is 69.9 Å². The van der Waals surface area contributed by atoms with Crippen molar-refractivity contribution in [1.82, 2.24) is 5.32 Å². The highest BCUT2D eigenvalue weighted by Gasteiger charge is 2.31. The average Bonchev–Trinajstić information content (AvgIpc) is 2.83. The van der Waals surface area contributed by atoms with Crippen LogP contribution in [0, 0.1) is 20.8 Å². The van der Waals surface area contributed by atoms with Gasteiger partial charge in [-0.3, -0.25) is 23.5 Å². The second-order valence-electron chi connectivity index (χ2n) is 9.64. The van der Waals surface area contributed by atoms with Gasteiger partial charge in [0.2, 0.25) is 17.7 Å². The molecule has 0 bridgehead atoms. The predicted molar refractivity (Wildman–Crippen MR) is 146 cm³/mol. The van der Waals surface area contributed by atoms with Crippen LogP contribution in [0.25, 0.3) is 0 Å². The number of hydrogen-bond acceptors (Lipinski definition) is 4. The van der Waals surface area contributed by atoms with E-state index in [0.29, 0.717) is 11.4 Å². The van der Waals surface area contributed by atoms with Gasteiger partial charge in [-0.1, -0.05) is 49.1 Å². The fraction of sp³-hybridized carbons (Fsp3) is 0.464. The predicted octanol–water partition coefficient (Wildman–Crippen LogP) is 4.17. The maximum absolute atomic E-state index is 13.5. The first-order valence-corrected chi connectivity index (χ1v) is 14.0. The topological polar surface area (TPSA) is 95.6 Å². The van der Waals surface area contributed by atoms with Crippen LogP contribution in [0.3, 0.4) is 0 Å². The van der Waals surface area contributed by atoms with Gasteiger partial charge in [0.15, 0.2) is 0 Å². The summed E-state index contributed by atoms with van der Waals surface area (Å²) in [5, 5.41) is 5.82. The quantitative estimate of drug-likeness (QED) is 0.528. The van der Waals surface area contributed by atoms with Crippen LogP contribution in [-0.4, -0.2) is 45.5 Å². The standard InChI is InChI=1S/C28H37N3O4S/c1-19-13-15-24(16-14-19)29-26(32)17-36(35)18-27(33)31(25-12-8-9-20(2)21(25)3)22(4)28(34)30-23-10-6-5-7-11-23/h8-9,12-16,22-23H,5-7,10-11,17-18H2,1-4H3,(H,29,32)(H,30,34). The van der Waals surface area contributed by atoms with Crippen molar-refractivity contribution in [3.63, 3.8) is 0 Å². The van der Waals surface area contributed by atoms with Gasteiger partial charge >= 0.3 is 0 Å². The molecule has 36 heavy (non-hydrogen) atoms. The molecular formula is C28H37N3O4S. The lowest BCUT2D eigenvalue weighted by Crippen LogP contribution is -2.52. The molecular weight excluding hydrogens is 474 g/mol. The molecule has 7 nitrogen and oxygen atoms in total. The van der Waals surface area contributed by atoms with Gasteiger partial charge in [-0.25, -0.2) is 0 Å². The first-order valence-electron chi connectivity index (χ1n) is 12.6. The van der Waals surface area contributed by atoms with Crippen molar-refractivity contribution in [2.24, 2.45) is 0 Å². The number of hydrogen-bond donors (Lipinski definition) is 2. The number of rotatable bonds is 9. The van der Waals surface area contributed by atoms with Gasteiger partial charge in [-0.15, -0.1) is 0 Å². The van der Waals surface area contributed by atoms with E-state index >= 15 is 0 Å². The third kappa shape index (κ3) is 7.50. The van der Waals surface area contributed by atoms with Gasteiger partial charge in [0, 0.05) is 28.2 Å². The third-order valence-electron chi connectivity index (χ3n) is 6.73. The van der Waals surface area contributed by atoms with Crippen molar-refractivity contribution in [3.8, 4) is 0 Å². The summed E-state index contributed by atoms with van der Waals surface area (Å²) < 4.78 is 12.8. The molecule has 194 valence electrons. The molecule has 2 unspecified atom stereocenters. The Morgan fingerprint density at radius 3 is 2.31 bits per heavy atom. The first kappa shape index (κ1) is 27.6. The van der Waals surface area contributed by atoms with Crippen LogP contribution in [0.5, 0.6) is 0 Å². The minimum atomic E-state index is -1.74. The number of nitrogens with one attached hydrogen (secondary N) is 2. The number of carbonyl (C=O) groups excluding carboxylic acids is 3. The lowest BCUT2D eigenvalue weighted by atomic mass is 9.95. The molecule has 1 aliphatic rings. The summed E-state index contributed by atoms with van der Waals surface area (Å²) in [4.78, 5) is 40.5. The summed E-state index contributed by atoms with van der Waals surface area (Å²) in [6.45, 7) is 7.50. The Bertz CT molecular complexity index is 1110. The number of amides is 3. The lowest BCUT2D eigenvalue weighted by molar-refractivity contribution is -0.126. The Hall–Kier alpha value is -3.00. The van der Waals surface area contributed by atoms with E-state index in [9.17, 15) is 18.6 Å². The van der Waals surface area contributed by atoms with Gasteiger partial charge in [0.05, 0.1) is 0 Å². The van der Waals surface area contributed by atoms with Gasteiger partial charge < -0.3 is 10.6 Å². The minimum absolute atomic E-state index is 0.115. The first-order chi connectivity index (χ1) is 17.2. The van der Waals surface area contributed by atoms with Gasteiger partial charge in [0.1, 0.15) is 17.5 Å². The van der Waals surface area contributed by atoms with Crippen LogP contribution in [0.1, 0.15) is 55.7 Å². The summed E-state index contributed by atoms with van der Waals surface area (Å²) in [6, 6.07) is 12.2. The fourth-order valence-corrected chi connectivity index (χ4v) is 5.36. The van der Waals surface area contributed by atoms with E-state index in [0.717, 1.165) is 42.4 Å². The molecule has 3 amide bonds. The number of anilines is 2. The molecule has 0 heterocycles. The SMILES string of the molecule is Cc1ccc(NC(=O)CS(=O)CC(=O)N(c2cccc(C)c2C)C(C)C(=O)NC2CCCCC2)cc1. The molecule has 3 rings (SSSR count). The highest BCUT2D eigenvalue weighted by atomic mass is 32.2. The van der Waals surface area contributed by atoms with Crippen molar-refractivity contribution in [2.75, 3.05) is 21.7 Å². The van der Waals surface area contributed by atoms with Gasteiger partial charge in [-0.2, -0.15) is 0 Å². The zero-order chi connectivity index (χ0) is 26.2. The summed E-state index contributed by atoms with van der Waals surface area (Å²) in [7, 11) is -1.74. The van der Waals surface area contributed by atoms with E-state index in [1.807, 2.05) is 45.0 Å². The molecule has 0 aromatic heterocycles. The van der Waals surface area contributed by atoms with Crippen LogP contribution in [0.4, 0.5) is 11.4 Å². The van der Waals surface area contributed by atoms with Crippen LogP contribution in [0.2, 0.25) is 0 Å². The highest BCUT2D eigenvalue weighted by Crippen LogP contribution is 2.26. The molecule has 1 saturated carbocycles. The molecule has 2 aromatic rings. The number of benzene rings is 2. The number of nitrogens with zero attached hydrogens (tertiary/aromatic N) is 1. The Morgan fingerprint density at radius 1 is 0.972 bits per heavy atom. The van der Waals surface area contributed by atoms with Crippen LogP contribution in [-0.2, 0) is 25.2 Å². The number of carbonyl (C=O) groups is 3. The molecule has 0 aliphatic heterocycles. The molecule has 2 atom stereocenters. The Balaban J connectivity index is 1.72. The van der Waals surface area contributed by atoms with E-state index in [1.54, 1.807) is 25.1 Å². The normalized spacial score (nSPS) is 15.6. The summed E-state index contributed by atoms with van der Waals surface area (Å²) in [5.41, 5.74) is 4.16. The Kier molecular flexibility index (Phi) is 9.81. The molecule has 0 radical (unpaired) electrons. The van der Waals surface area contributed by atoms with Crippen molar-refractivity contribution in [2.45, 2.75) is 71.9 Å². The monoisotopic (exact) mass is 511 g/mol. The van der Waals surface area contributed by atoms with E-state index < -0.39 is 28.7 Å². The smallest absolute Gasteiger partial charge is 0.243 e. The number of aryl methyl sites for hydroxylation is 2. The summed E-state index contributed by atoms with van der Waals surface area (Å²) >= 11 is 0. The lowest BCUT2D eigenvalue weighted by Gasteiger charge is -2.32. The molecule has 0 spiro atoms. The zero-order valence-electron chi connectivity index (χ0n) is 21.6. The van der Waals surface area contributed by atoms with Crippen LogP contribution < -0.4 is 15.5 Å². The summed E-state index contributed by atoms with van der Waals surface area (Å²) in [6.07, 6.45) is 5.23. The van der Waals surface area contributed by atoms with E-state index in [-0.39, 0.29) is 23.5 Å². The van der Waals surface area contributed by atoms with Crippen LogP contribution in [0.15, 0.2) is 42.5 Å². The third-order valence-corrected chi connectivity index (χ3v) is 7.89. The second-order valence-corrected chi connectivity index (χ2v) is 11.1. The molecule has 1 fully saturated rings. The fourth-order valence-electron chi connectivity index (χ4n) is 4.48. The average molecular weight is 512 g/mol. The second kappa shape index (κ2) is 12.8. The van der Waals surface area contributed by atoms with Crippen molar-refractivity contribution >= 4 is 39.9 Å². The van der Waals surface area contributed by atoms with Gasteiger partial charge in [0.25, 0.3) is 0 Å². The van der Waals surface area contributed by atoms with Crippen molar-refractivity contribution in [1.29, 1.82) is 0 Å². The molecule has 2 N–H and O–H groups in total. The molecule has 0 saturated heterocycles. The zero-order valence-corrected chi connectivity index (χ0v) is 22.5. The molecule has 2 aromatic carbocycles. The van der Waals surface area contributed by atoms with Crippen molar-refractivity contribution < 1.29 is 18.6 Å². The van der Waals surface area contributed by atoms with E-state index in [4.69, 9.17) is 0 Å². The van der Waals surface area contributed by atoms with Crippen LogP contribution >= 0.6 is 0 Å².